The van der Waals surface area contributed by atoms with Crippen molar-refractivity contribution >= 4 is 22.9 Å². The monoisotopic (exact) mass is 539 g/mol. The highest BCUT2D eigenvalue weighted by molar-refractivity contribution is 5.78. The molecule has 1 aliphatic heterocycles. The maximum Gasteiger partial charge on any atom is 0.407 e. The standard InChI is InChI=1S/C29H26FN7O3/c1-40-22-7-2-18(3-8-22)15-32-28-23(14-31)25(34-37(28)21-10-11-35(16-21)29(38)39)9-4-19-12-26-27(13-24(19)30)36(17-33-26)20-5-6-20/h2-3,7-8,12-13,17,20-21,32H,5-6,10-11,15-16H2,1H3,(H,38,39)/t21-/m0/s1. The molecule has 1 amide bonds. The van der Waals surface area contributed by atoms with Gasteiger partial charge in [0.1, 0.15) is 29.0 Å². The predicted octanol–water partition coefficient (Wildman–Crippen LogP) is 4.52. The fourth-order valence-electron chi connectivity index (χ4n) is 5.02. The number of carboxylic acid groups (broad SMARTS) is 1. The van der Waals surface area contributed by atoms with Gasteiger partial charge in [0.05, 0.1) is 36.1 Å². The molecule has 2 fully saturated rings. The number of anilines is 1. The van der Waals surface area contributed by atoms with Crippen LogP contribution in [0.4, 0.5) is 15.0 Å². The molecule has 40 heavy (non-hydrogen) atoms. The van der Waals surface area contributed by atoms with Crippen molar-refractivity contribution in [3.8, 4) is 23.7 Å². The lowest BCUT2D eigenvalue weighted by molar-refractivity contribution is 0.154. The Kier molecular flexibility index (Phi) is 6.48. The Morgan fingerprint density at radius 1 is 1.20 bits per heavy atom. The van der Waals surface area contributed by atoms with Gasteiger partial charge in [-0.3, -0.25) is 0 Å². The topological polar surface area (TPSA) is 121 Å². The Balaban J connectivity index is 1.34. The second-order valence-electron chi connectivity index (χ2n) is 9.96. The van der Waals surface area contributed by atoms with Crippen LogP contribution in [0.2, 0.25) is 0 Å². The quantitative estimate of drug-likeness (QED) is 0.346. The fraction of sp³-hybridized carbons (Fsp3) is 0.310. The molecule has 1 aliphatic carbocycles. The van der Waals surface area contributed by atoms with Gasteiger partial charge in [-0.15, -0.1) is 0 Å². The average molecular weight is 540 g/mol. The normalized spacial score (nSPS) is 16.4. The number of ether oxygens (including phenoxy) is 1. The van der Waals surface area contributed by atoms with E-state index in [9.17, 15) is 15.2 Å². The van der Waals surface area contributed by atoms with E-state index in [2.05, 4.69) is 33.3 Å². The van der Waals surface area contributed by atoms with Gasteiger partial charge in [0.25, 0.3) is 0 Å². The van der Waals surface area contributed by atoms with Gasteiger partial charge in [-0.1, -0.05) is 18.1 Å². The predicted molar refractivity (Wildman–Crippen MR) is 144 cm³/mol. The highest BCUT2D eigenvalue weighted by Crippen LogP contribution is 2.37. The molecule has 0 radical (unpaired) electrons. The molecule has 4 aromatic rings. The summed E-state index contributed by atoms with van der Waals surface area (Å²) >= 11 is 0. The molecule has 10 nitrogen and oxygen atoms in total. The number of halogens is 1. The number of methoxy groups -OCH3 is 1. The lowest BCUT2D eigenvalue weighted by atomic mass is 10.1. The van der Waals surface area contributed by atoms with E-state index >= 15 is 4.39 Å². The molecular formula is C29H26FN7O3. The number of rotatable bonds is 6. The number of benzene rings is 2. The van der Waals surface area contributed by atoms with Crippen LogP contribution in [0.25, 0.3) is 11.0 Å². The van der Waals surface area contributed by atoms with Gasteiger partial charge >= 0.3 is 6.09 Å². The molecular weight excluding hydrogens is 513 g/mol. The van der Waals surface area contributed by atoms with Gasteiger partial charge in [-0.25, -0.2) is 18.9 Å². The number of hydrogen-bond acceptors (Lipinski definition) is 6. The van der Waals surface area contributed by atoms with Gasteiger partial charge in [-0.2, -0.15) is 10.4 Å². The highest BCUT2D eigenvalue weighted by atomic mass is 19.1. The molecule has 3 heterocycles. The fourth-order valence-corrected chi connectivity index (χ4v) is 5.02. The van der Waals surface area contributed by atoms with Crippen molar-refractivity contribution in [1.29, 1.82) is 5.26 Å². The Labute approximate surface area is 229 Å². The summed E-state index contributed by atoms with van der Waals surface area (Å²) in [5.41, 5.74) is 2.92. The summed E-state index contributed by atoms with van der Waals surface area (Å²) < 4.78 is 23.9. The third-order valence-electron chi connectivity index (χ3n) is 7.34. The first kappa shape index (κ1) is 25.3. The number of aromatic nitrogens is 4. The van der Waals surface area contributed by atoms with Crippen molar-refractivity contribution < 1.29 is 19.0 Å². The van der Waals surface area contributed by atoms with E-state index in [1.54, 1.807) is 24.2 Å². The molecule has 2 aliphatic rings. The van der Waals surface area contributed by atoms with Crippen LogP contribution < -0.4 is 10.1 Å². The van der Waals surface area contributed by atoms with Crippen LogP contribution in [-0.4, -0.2) is 55.6 Å². The van der Waals surface area contributed by atoms with Crippen LogP contribution in [0.1, 0.15) is 53.7 Å². The Morgan fingerprint density at radius 2 is 2.00 bits per heavy atom. The van der Waals surface area contributed by atoms with Gasteiger partial charge in [0, 0.05) is 31.7 Å². The van der Waals surface area contributed by atoms with Crippen molar-refractivity contribution in [3.63, 3.8) is 0 Å². The maximum atomic E-state index is 15.0. The minimum atomic E-state index is -1.00. The Morgan fingerprint density at radius 3 is 2.67 bits per heavy atom. The Bertz CT molecular complexity index is 1700. The van der Waals surface area contributed by atoms with Crippen molar-refractivity contribution in [2.45, 2.75) is 37.9 Å². The van der Waals surface area contributed by atoms with Gasteiger partial charge < -0.3 is 24.6 Å². The SMILES string of the molecule is COc1ccc(CNc2c(C#N)c(C#Cc3cc4ncn(C5CC5)c4cc3F)nn2[C@H]2CCN(C(=O)O)C2)cc1. The number of nitrogens with zero attached hydrogens (tertiary/aromatic N) is 6. The van der Waals surface area contributed by atoms with E-state index < -0.39 is 11.9 Å². The van der Waals surface area contributed by atoms with E-state index in [1.807, 2.05) is 28.8 Å². The van der Waals surface area contributed by atoms with E-state index in [0.29, 0.717) is 36.9 Å². The number of amides is 1. The third-order valence-corrected chi connectivity index (χ3v) is 7.34. The summed E-state index contributed by atoms with van der Waals surface area (Å²) in [4.78, 5) is 17.3. The number of nitriles is 1. The number of nitrogens with one attached hydrogen (secondary N) is 1. The zero-order chi connectivity index (χ0) is 27.8. The molecule has 1 saturated carbocycles. The molecule has 2 aromatic heterocycles. The average Bonchev–Trinajstić information content (AvgIpc) is 3.38. The summed E-state index contributed by atoms with van der Waals surface area (Å²) in [6, 6.07) is 12.9. The second kappa shape index (κ2) is 10.3. The van der Waals surface area contributed by atoms with Crippen molar-refractivity contribution in [2.24, 2.45) is 0 Å². The van der Waals surface area contributed by atoms with Gasteiger partial charge in [0.15, 0.2) is 5.69 Å². The lowest BCUT2D eigenvalue weighted by Gasteiger charge is -2.16. The second-order valence-corrected chi connectivity index (χ2v) is 9.96. The van der Waals surface area contributed by atoms with Crippen molar-refractivity contribution in [2.75, 3.05) is 25.5 Å². The van der Waals surface area contributed by atoms with Crippen LogP contribution >= 0.6 is 0 Å². The molecule has 2 N–H and O–H groups in total. The zero-order valence-electron chi connectivity index (χ0n) is 21.8. The molecule has 11 heteroatoms. The molecule has 0 unspecified atom stereocenters. The number of carbonyl (C=O) groups is 1. The molecule has 202 valence electrons. The van der Waals surface area contributed by atoms with Crippen LogP contribution in [0, 0.1) is 29.0 Å². The number of imidazole rings is 1. The van der Waals surface area contributed by atoms with Crippen LogP contribution in [0.3, 0.4) is 0 Å². The minimum Gasteiger partial charge on any atom is -0.497 e. The first-order valence-electron chi connectivity index (χ1n) is 13.0. The number of likely N-dealkylation sites (tertiary alicyclic amines) is 1. The summed E-state index contributed by atoms with van der Waals surface area (Å²) in [5, 5.41) is 27.5. The van der Waals surface area contributed by atoms with Crippen LogP contribution in [0.5, 0.6) is 5.75 Å². The van der Waals surface area contributed by atoms with Crippen molar-refractivity contribution in [1.82, 2.24) is 24.2 Å². The molecule has 0 bridgehead atoms. The van der Waals surface area contributed by atoms with Crippen LogP contribution in [-0.2, 0) is 6.54 Å². The highest BCUT2D eigenvalue weighted by Gasteiger charge is 2.31. The van der Waals surface area contributed by atoms with E-state index in [1.165, 1.54) is 11.0 Å². The van der Waals surface area contributed by atoms with E-state index in [-0.39, 0.29) is 29.4 Å². The smallest absolute Gasteiger partial charge is 0.407 e. The number of hydrogen-bond donors (Lipinski definition) is 2. The summed E-state index contributed by atoms with van der Waals surface area (Å²) in [6.07, 6.45) is 3.40. The zero-order valence-corrected chi connectivity index (χ0v) is 21.8. The van der Waals surface area contributed by atoms with Gasteiger partial charge in [-0.05, 0) is 48.9 Å². The molecule has 1 atom stereocenters. The number of fused-ring (bicyclic) bond motifs is 1. The molecule has 6 rings (SSSR count). The summed E-state index contributed by atoms with van der Waals surface area (Å²) in [7, 11) is 1.60. The van der Waals surface area contributed by atoms with Crippen molar-refractivity contribution in [3.05, 3.63) is 70.9 Å². The summed E-state index contributed by atoms with van der Waals surface area (Å²) in [5.74, 6) is 6.45. The molecule has 2 aromatic carbocycles. The largest absolute Gasteiger partial charge is 0.497 e. The molecule has 1 saturated heterocycles. The molecule has 0 spiro atoms. The Hall–Kier alpha value is -5.03. The van der Waals surface area contributed by atoms with Crippen LogP contribution in [0.15, 0.2) is 42.7 Å². The van der Waals surface area contributed by atoms with E-state index in [4.69, 9.17) is 4.74 Å². The maximum absolute atomic E-state index is 15.0. The van der Waals surface area contributed by atoms with E-state index in [0.717, 1.165) is 29.7 Å². The summed E-state index contributed by atoms with van der Waals surface area (Å²) in [6.45, 7) is 0.988. The first-order chi connectivity index (χ1) is 19.4. The first-order valence-corrected chi connectivity index (χ1v) is 13.0. The minimum absolute atomic E-state index is 0.164. The third kappa shape index (κ3) is 4.78. The lowest BCUT2D eigenvalue weighted by Crippen LogP contribution is -2.27. The van der Waals surface area contributed by atoms with Gasteiger partial charge in [0.2, 0.25) is 0 Å².